The first-order valence-corrected chi connectivity index (χ1v) is 7.57. The average molecular weight is 372 g/mol. The van der Waals surface area contributed by atoms with E-state index >= 15 is 0 Å². The van der Waals surface area contributed by atoms with Crippen LogP contribution < -0.4 is 4.43 Å². The molecule has 1 rings (SSSR count). The fourth-order valence-electron chi connectivity index (χ4n) is 1.11. The molecule has 0 fully saturated rings. The Morgan fingerprint density at radius 1 is 0.875 bits per heavy atom. The van der Waals surface area contributed by atoms with Crippen LogP contribution in [0.3, 0.4) is 0 Å². The molecule has 0 aliphatic heterocycles. The van der Waals surface area contributed by atoms with Crippen molar-refractivity contribution >= 4 is 40.9 Å². The van der Waals surface area contributed by atoms with Crippen molar-refractivity contribution in [3.8, 4) is 5.75 Å². The van der Waals surface area contributed by atoms with E-state index in [1.165, 1.54) is 21.3 Å². The highest BCUT2D eigenvalue weighted by atomic mass is 79.9. The van der Waals surface area contributed by atoms with Crippen molar-refractivity contribution in [3.63, 3.8) is 0 Å². The van der Waals surface area contributed by atoms with Gasteiger partial charge in [0.25, 0.3) is 0 Å². The van der Waals surface area contributed by atoms with E-state index in [2.05, 4.69) is 31.9 Å². The van der Waals surface area contributed by atoms with Crippen molar-refractivity contribution in [2.24, 2.45) is 0 Å². The van der Waals surface area contributed by atoms with Crippen molar-refractivity contribution in [1.82, 2.24) is 0 Å². The normalized spacial score (nSPS) is 11.6. The van der Waals surface area contributed by atoms with Crippen molar-refractivity contribution < 1.29 is 17.7 Å². The third kappa shape index (κ3) is 3.54. The quantitative estimate of drug-likeness (QED) is 0.745. The van der Waals surface area contributed by atoms with Gasteiger partial charge in [-0.25, -0.2) is 0 Å². The van der Waals surface area contributed by atoms with E-state index in [0.29, 0.717) is 5.75 Å². The number of hydrogen-bond acceptors (Lipinski definition) is 4. The zero-order chi connectivity index (χ0) is 12.2. The van der Waals surface area contributed by atoms with Crippen molar-refractivity contribution in [1.29, 1.82) is 0 Å². The van der Waals surface area contributed by atoms with E-state index in [0.717, 1.165) is 8.95 Å². The van der Waals surface area contributed by atoms with Gasteiger partial charge in [-0.1, -0.05) is 31.9 Å². The zero-order valence-electron chi connectivity index (χ0n) is 9.12. The molecule has 0 radical (unpaired) electrons. The van der Waals surface area contributed by atoms with Crippen LogP contribution in [0.4, 0.5) is 0 Å². The van der Waals surface area contributed by atoms with Crippen LogP contribution >= 0.6 is 31.9 Å². The van der Waals surface area contributed by atoms with Crippen molar-refractivity contribution in [3.05, 3.63) is 27.1 Å². The second kappa shape index (κ2) is 6.13. The number of rotatable bonds is 5. The summed E-state index contributed by atoms with van der Waals surface area (Å²) in [5.41, 5.74) is 0. The lowest BCUT2D eigenvalue weighted by atomic mass is 10.3. The molecule has 0 atom stereocenters. The summed E-state index contributed by atoms with van der Waals surface area (Å²) in [4.78, 5) is 0. The lowest BCUT2D eigenvalue weighted by Crippen LogP contribution is -2.49. The van der Waals surface area contributed by atoms with Gasteiger partial charge in [0.1, 0.15) is 5.75 Å². The molecular weight excluding hydrogens is 360 g/mol. The van der Waals surface area contributed by atoms with Gasteiger partial charge in [-0.15, -0.1) is 0 Å². The molecule has 0 spiro atoms. The molecule has 1 aromatic carbocycles. The van der Waals surface area contributed by atoms with E-state index in [-0.39, 0.29) is 0 Å². The maximum Gasteiger partial charge on any atom is 0.748 e. The first kappa shape index (κ1) is 14.1. The minimum absolute atomic E-state index is 0.610. The standard InChI is InChI=1S/C9H12Br2O4Si/c1-12-16(13-2,14-3)15-9-5-7(10)4-8(11)6-9/h4-6H,1-3H3. The average Bonchev–Trinajstić information content (AvgIpc) is 2.25. The molecule has 0 amide bonds. The highest BCUT2D eigenvalue weighted by Gasteiger charge is 2.45. The molecule has 7 heteroatoms. The Bertz CT molecular complexity index is 329. The van der Waals surface area contributed by atoms with Crippen LogP contribution in [0, 0.1) is 0 Å². The summed E-state index contributed by atoms with van der Waals surface area (Å²) in [5, 5.41) is 0. The summed E-state index contributed by atoms with van der Waals surface area (Å²) in [6.45, 7) is 0. The van der Waals surface area contributed by atoms with Gasteiger partial charge in [-0.3, -0.25) is 0 Å². The SMILES string of the molecule is CO[Si](OC)(OC)Oc1cc(Br)cc(Br)c1. The summed E-state index contributed by atoms with van der Waals surface area (Å²) in [7, 11) is 1.43. The van der Waals surface area contributed by atoms with Gasteiger partial charge >= 0.3 is 9.05 Å². The Kier molecular flexibility index (Phi) is 5.42. The highest BCUT2D eigenvalue weighted by molar-refractivity contribution is 9.11. The minimum atomic E-state index is -3.05. The largest absolute Gasteiger partial charge is 0.748 e. The van der Waals surface area contributed by atoms with Crippen LogP contribution in [0.15, 0.2) is 27.1 Å². The monoisotopic (exact) mass is 370 g/mol. The highest BCUT2D eigenvalue weighted by Crippen LogP contribution is 2.27. The second-order valence-corrected chi connectivity index (χ2v) is 7.08. The van der Waals surface area contributed by atoms with Crippen LogP contribution in [0.2, 0.25) is 0 Å². The Labute approximate surface area is 113 Å². The summed E-state index contributed by atoms with van der Waals surface area (Å²) in [6, 6.07) is 5.52. The lowest BCUT2D eigenvalue weighted by molar-refractivity contribution is 0.0510. The van der Waals surface area contributed by atoms with E-state index in [9.17, 15) is 0 Å². The molecule has 0 saturated heterocycles. The Hall–Kier alpha value is 0.0769. The topological polar surface area (TPSA) is 36.9 Å². The van der Waals surface area contributed by atoms with E-state index in [4.69, 9.17) is 17.7 Å². The number of hydrogen-bond donors (Lipinski definition) is 0. The molecule has 90 valence electrons. The van der Waals surface area contributed by atoms with Gasteiger partial charge in [0.2, 0.25) is 0 Å². The molecule has 0 aliphatic rings. The molecule has 0 bridgehead atoms. The summed E-state index contributed by atoms with van der Waals surface area (Å²) >= 11 is 6.74. The first-order chi connectivity index (χ1) is 7.55. The molecule has 0 saturated carbocycles. The molecule has 0 unspecified atom stereocenters. The van der Waals surface area contributed by atoms with Crippen molar-refractivity contribution in [2.45, 2.75) is 0 Å². The zero-order valence-corrected chi connectivity index (χ0v) is 13.3. The van der Waals surface area contributed by atoms with Crippen LogP contribution in [0.1, 0.15) is 0 Å². The van der Waals surface area contributed by atoms with Gasteiger partial charge in [0.15, 0.2) is 0 Å². The van der Waals surface area contributed by atoms with Crippen LogP contribution in [-0.2, 0) is 13.3 Å². The summed E-state index contributed by atoms with van der Waals surface area (Å²) < 4.78 is 22.9. The third-order valence-electron chi connectivity index (χ3n) is 1.83. The molecule has 0 heterocycles. The number of halogens is 2. The predicted octanol–water partition coefficient (Wildman–Crippen LogP) is 2.97. The van der Waals surface area contributed by atoms with Crippen molar-refractivity contribution in [2.75, 3.05) is 21.3 Å². The molecule has 1 aromatic rings. The minimum Gasteiger partial charge on any atom is -0.480 e. The molecule has 0 aliphatic carbocycles. The second-order valence-electron chi connectivity index (χ2n) is 2.82. The molecule has 0 N–H and O–H groups in total. The van der Waals surface area contributed by atoms with Gasteiger partial charge in [-0.05, 0) is 18.2 Å². The maximum absolute atomic E-state index is 5.62. The van der Waals surface area contributed by atoms with Gasteiger partial charge in [0.05, 0.1) is 0 Å². The fourth-order valence-corrected chi connectivity index (χ4v) is 3.52. The smallest absolute Gasteiger partial charge is 0.480 e. The molecular formula is C9H12Br2O4Si. The fraction of sp³-hybridized carbons (Fsp3) is 0.333. The van der Waals surface area contributed by atoms with Crippen LogP contribution in [0.5, 0.6) is 5.75 Å². The van der Waals surface area contributed by atoms with Gasteiger partial charge in [0, 0.05) is 30.3 Å². The van der Waals surface area contributed by atoms with E-state index < -0.39 is 9.05 Å². The van der Waals surface area contributed by atoms with Gasteiger partial charge in [-0.2, -0.15) is 0 Å². The molecule has 4 nitrogen and oxygen atoms in total. The van der Waals surface area contributed by atoms with Crippen LogP contribution in [-0.4, -0.2) is 30.4 Å². The Morgan fingerprint density at radius 2 is 1.31 bits per heavy atom. The Balaban J connectivity index is 2.93. The van der Waals surface area contributed by atoms with E-state index in [1.807, 2.05) is 18.2 Å². The molecule has 16 heavy (non-hydrogen) atoms. The third-order valence-corrected chi connectivity index (χ3v) is 4.73. The number of benzene rings is 1. The van der Waals surface area contributed by atoms with E-state index in [1.54, 1.807) is 0 Å². The Morgan fingerprint density at radius 3 is 1.69 bits per heavy atom. The summed E-state index contributed by atoms with van der Waals surface area (Å²) in [5.74, 6) is 0.610. The maximum atomic E-state index is 5.62. The predicted molar refractivity (Wildman–Crippen MR) is 69.3 cm³/mol. The van der Waals surface area contributed by atoms with Gasteiger partial charge < -0.3 is 17.7 Å². The first-order valence-electron chi connectivity index (χ1n) is 4.36. The molecule has 0 aromatic heterocycles. The lowest BCUT2D eigenvalue weighted by Gasteiger charge is -2.23. The summed E-state index contributed by atoms with van der Waals surface area (Å²) in [6.07, 6.45) is 0. The van der Waals surface area contributed by atoms with Crippen LogP contribution in [0.25, 0.3) is 0 Å².